The molecular formula is C10H14O3. The van der Waals surface area contributed by atoms with Gasteiger partial charge in [-0.3, -0.25) is 9.59 Å². The van der Waals surface area contributed by atoms with E-state index in [1.165, 1.54) is 6.42 Å². The summed E-state index contributed by atoms with van der Waals surface area (Å²) in [5.41, 5.74) is -0.0627. The standard InChI is InChI=1S/C10H14O3/c1-2-13-9(12)5-8(11)10-4-3-7(10)6-10/h7H,2-6H2,1H3. The third-order valence-electron chi connectivity index (χ3n) is 3.34. The highest BCUT2D eigenvalue weighted by Crippen LogP contribution is 2.68. The van der Waals surface area contributed by atoms with Gasteiger partial charge in [-0.05, 0) is 32.1 Å². The summed E-state index contributed by atoms with van der Waals surface area (Å²) in [7, 11) is 0. The molecule has 0 spiro atoms. The van der Waals surface area contributed by atoms with Crippen molar-refractivity contribution in [2.75, 3.05) is 6.61 Å². The number of fused-ring (bicyclic) bond motifs is 1. The summed E-state index contributed by atoms with van der Waals surface area (Å²) in [6.45, 7) is 2.12. The molecule has 0 radical (unpaired) electrons. The number of Topliss-reactive ketones (excluding diaryl/α,β-unsaturated/α-hetero) is 1. The van der Waals surface area contributed by atoms with E-state index >= 15 is 0 Å². The number of ether oxygens (including phenoxy) is 1. The van der Waals surface area contributed by atoms with Gasteiger partial charge in [0, 0.05) is 5.41 Å². The fourth-order valence-electron chi connectivity index (χ4n) is 2.28. The predicted octanol–water partition coefficient (Wildman–Crippen LogP) is 1.31. The van der Waals surface area contributed by atoms with Crippen molar-refractivity contribution in [3.8, 4) is 0 Å². The second-order valence-corrected chi connectivity index (χ2v) is 4.00. The van der Waals surface area contributed by atoms with Gasteiger partial charge in [0.25, 0.3) is 0 Å². The van der Waals surface area contributed by atoms with Gasteiger partial charge in [0.15, 0.2) is 0 Å². The SMILES string of the molecule is CCOC(=O)CC(=O)C12CCC1C2. The molecule has 72 valence electrons. The van der Waals surface area contributed by atoms with Gasteiger partial charge in [0.2, 0.25) is 0 Å². The minimum Gasteiger partial charge on any atom is -0.466 e. The Balaban J connectivity index is 1.82. The third-order valence-corrected chi connectivity index (χ3v) is 3.34. The maximum Gasteiger partial charge on any atom is 0.313 e. The predicted molar refractivity (Wildman–Crippen MR) is 46.0 cm³/mol. The molecule has 2 saturated carbocycles. The van der Waals surface area contributed by atoms with Gasteiger partial charge in [0.1, 0.15) is 12.2 Å². The highest BCUT2D eigenvalue weighted by molar-refractivity contribution is 6.01. The van der Waals surface area contributed by atoms with Crippen molar-refractivity contribution >= 4 is 11.8 Å². The Morgan fingerprint density at radius 1 is 1.54 bits per heavy atom. The molecule has 13 heavy (non-hydrogen) atoms. The highest BCUT2D eigenvalue weighted by atomic mass is 16.5. The molecule has 0 aliphatic heterocycles. The van der Waals surface area contributed by atoms with Gasteiger partial charge in [-0.15, -0.1) is 0 Å². The zero-order valence-corrected chi connectivity index (χ0v) is 7.84. The first kappa shape index (κ1) is 8.73. The number of carbonyl (C=O) groups is 2. The van der Waals surface area contributed by atoms with Crippen molar-refractivity contribution < 1.29 is 14.3 Å². The van der Waals surface area contributed by atoms with Gasteiger partial charge in [-0.1, -0.05) is 0 Å². The molecule has 0 bridgehead atoms. The Morgan fingerprint density at radius 2 is 2.31 bits per heavy atom. The molecule has 2 aliphatic carbocycles. The number of hydrogen-bond acceptors (Lipinski definition) is 3. The second-order valence-electron chi connectivity index (χ2n) is 4.00. The van der Waals surface area contributed by atoms with E-state index in [-0.39, 0.29) is 23.6 Å². The second kappa shape index (κ2) is 2.82. The van der Waals surface area contributed by atoms with Gasteiger partial charge in [-0.2, -0.15) is 0 Å². The van der Waals surface area contributed by atoms with E-state index in [4.69, 9.17) is 4.74 Å². The zero-order chi connectivity index (χ0) is 9.47. The molecule has 2 aliphatic rings. The molecule has 2 fully saturated rings. The van der Waals surface area contributed by atoms with Crippen molar-refractivity contribution in [1.82, 2.24) is 0 Å². The molecule has 2 unspecified atom stereocenters. The number of carbonyl (C=O) groups excluding carboxylic acids is 2. The van der Waals surface area contributed by atoms with E-state index in [0.717, 1.165) is 12.8 Å². The van der Waals surface area contributed by atoms with E-state index < -0.39 is 0 Å². The first-order valence-corrected chi connectivity index (χ1v) is 4.88. The van der Waals surface area contributed by atoms with Crippen LogP contribution in [0.3, 0.4) is 0 Å². The lowest BCUT2D eigenvalue weighted by molar-refractivity contribution is -0.147. The lowest BCUT2D eigenvalue weighted by Gasteiger charge is -2.23. The molecule has 0 N–H and O–H groups in total. The van der Waals surface area contributed by atoms with Crippen molar-refractivity contribution in [2.45, 2.75) is 32.6 Å². The maximum atomic E-state index is 11.6. The smallest absolute Gasteiger partial charge is 0.313 e. The molecule has 3 heteroatoms. The largest absolute Gasteiger partial charge is 0.466 e. The van der Waals surface area contributed by atoms with Crippen LogP contribution in [0.1, 0.15) is 32.6 Å². The van der Waals surface area contributed by atoms with E-state index in [1.807, 2.05) is 0 Å². The zero-order valence-electron chi connectivity index (χ0n) is 7.84. The number of ketones is 1. The Labute approximate surface area is 77.4 Å². The average molecular weight is 182 g/mol. The van der Waals surface area contributed by atoms with Crippen LogP contribution in [0.2, 0.25) is 0 Å². The molecular weight excluding hydrogens is 168 g/mol. The molecule has 2 atom stereocenters. The number of rotatable bonds is 4. The molecule has 0 heterocycles. The van der Waals surface area contributed by atoms with Gasteiger partial charge >= 0.3 is 5.97 Å². The van der Waals surface area contributed by atoms with Gasteiger partial charge in [0.05, 0.1) is 6.61 Å². The lowest BCUT2D eigenvalue weighted by atomic mass is 9.80. The van der Waals surface area contributed by atoms with Crippen LogP contribution in [0.15, 0.2) is 0 Å². The lowest BCUT2D eigenvalue weighted by Crippen LogP contribution is -2.27. The van der Waals surface area contributed by atoms with Crippen molar-refractivity contribution in [1.29, 1.82) is 0 Å². The van der Waals surface area contributed by atoms with E-state index in [1.54, 1.807) is 6.92 Å². The fraction of sp³-hybridized carbons (Fsp3) is 0.800. The van der Waals surface area contributed by atoms with E-state index in [0.29, 0.717) is 12.5 Å². The minimum absolute atomic E-state index is 0.00958. The summed E-state index contributed by atoms with van der Waals surface area (Å²) in [5.74, 6) is 0.357. The van der Waals surface area contributed by atoms with Crippen LogP contribution >= 0.6 is 0 Å². The number of hydrogen-bond donors (Lipinski definition) is 0. The first-order valence-electron chi connectivity index (χ1n) is 4.88. The van der Waals surface area contributed by atoms with Crippen molar-refractivity contribution in [2.24, 2.45) is 11.3 Å². The van der Waals surface area contributed by atoms with Crippen molar-refractivity contribution in [3.63, 3.8) is 0 Å². The summed E-state index contributed by atoms with van der Waals surface area (Å²) in [6.07, 6.45) is 3.18. The van der Waals surface area contributed by atoms with Crippen LogP contribution in [-0.4, -0.2) is 18.4 Å². The summed E-state index contributed by atoms with van der Waals surface area (Å²) in [6, 6.07) is 0. The van der Waals surface area contributed by atoms with E-state index in [2.05, 4.69) is 0 Å². The molecule has 0 aromatic carbocycles. The molecule has 2 rings (SSSR count). The van der Waals surface area contributed by atoms with Crippen LogP contribution in [-0.2, 0) is 14.3 Å². The monoisotopic (exact) mass is 182 g/mol. The van der Waals surface area contributed by atoms with Crippen LogP contribution in [0, 0.1) is 11.3 Å². The Hall–Kier alpha value is -0.860. The minimum atomic E-state index is -0.362. The third kappa shape index (κ3) is 1.26. The normalized spacial score (nSPS) is 34.4. The Bertz CT molecular complexity index is 255. The quantitative estimate of drug-likeness (QED) is 0.486. The Kier molecular flexibility index (Phi) is 1.90. The van der Waals surface area contributed by atoms with Crippen LogP contribution in [0.25, 0.3) is 0 Å². The summed E-state index contributed by atoms with van der Waals surface area (Å²) in [5, 5.41) is 0. The molecule has 3 nitrogen and oxygen atoms in total. The maximum absolute atomic E-state index is 11.6. The van der Waals surface area contributed by atoms with Crippen LogP contribution in [0.4, 0.5) is 0 Å². The molecule has 0 aromatic heterocycles. The average Bonchev–Trinajstić information content (AvgIpc) is 2.54. The van der Waals surface area contributed by atoms with E-state index in [9.17, 15) is 9.59 Å². The van der Waals surface area contributed by atoms with Crippen LogP contribution < -0.4 is 0 Å². The summed E-state index contributed by atoms with van der Waals surface area (Å²) < 4.78 is 4.74. The molecule has 0 amide bonds. The van der Waals surface area contributed by atoms with Gasteiger partial charge < -0.3 is 4.74 Å². The van der Waals surface area contributed by atoms with Crippen molar-refractivity contribution in [3.05, 3.63) is 0 Å². The van der Waals surface area contributed by atoms with Crippen LogP contribution in [0.5, 0.6) is 0 Å². The van der Waals surface area contributed by atoms with Gasteiger partial charge in [-0.25, -0.2) is 0 Å². The topological polar surface area (TPSA) is 43.4 Å². The fourth-order valence-corrected chi connectivity index (χ4v) is 2.28. The first-order chi connectivity index (χ1) is 6.19. The molecule has 0 saturated heterocycles. The summed E-state index contributed by atoms with van der Waals surface area (Å²) in [4.78, 5) is 22.6. The highest BCUT2D eigenvalue weighted by Gasteiger charge is 2.65. The Morgan fingerprint density at radius 3 is 2.69 bits per heavy atom. The molecule has 0 aromatic rings. The summed E-state index contributed by atoms with van der Waals surface area (Å²) >= 11 is 0. The number of esters is 1.